The van der Waals surface area contributed by atoms with E-state index in [0.29, 0.717) is 5.75 Å². The van der Waals surface area contributed by atoms with Crippen molar-refractivity contribution in [2.75, 3.05) is 26.3 Å². The van der Waals surface area contributed by atoms with Crippen LogP contribution in [0, 0.1) is 5.92 Å². The van der Waals surface area contributed by atoms with Gasteiger partial charge in [-0.25, -0.2) is 0 Å². The molecule has 1 aromatic rings. The first-order valence-corrected chi connectivity index (χ1v) is 6.84. The molecule has 0 aliphatic heterocycles. The van der Waals surface area contributed by atoms with E-state index in [-0.39, 0.29) is 38.6 Å². The lowest BCUT2D eigenvalue weighted by Gasteiger charge is -2.23. The number of carbonyl (C=O) groups is 2. The van der Waals surface area contributed by atoms with E-state index in [2.05, 4.69) is 0 Å². The molecule has 1 atom stereocenters. The number of carboxylic acids is 1. The van der Waals surface area contributed by atoms with Crippen molar-refractivity contribution in [2.24, 2.45) is 5.92 Å². The Morgan fingerprint density at radius 3 is 2.52 bits per heavy atom. The average molecular weight is 295 g/mol. The Balaban J connectivity index is 2.43. The molecule has 0 bridgehead atoms. The predicted molar refractivity (Wildman–Crippen MR) is 77.0 cm³/mol. The Labute approximate surface area is 124 Å². The molecule has 0 heterocycles. The van der Waals surface area contributed by atoms with Crippen molar-refractivity contribution >= 4 is 11.9 Å². The van der Waals surface area contributed by atoms with E-state index >= 15 is 0 Å². The van der Waals surface area contributed by atoms with Crippen LogP contribution in [0.5, 0.6) is 5.75 Å². The minimum absolute atomic E-state index is 0.0834. The number of aliphatic carboxylic acids is 1. The summed E-state index contributed by atoms with van der Waals surface area (Å²) in [6.07, 6.45) is 0.140. The lowest BCUT2D eigenvalue weighted by Crippen LogP contribution is -2.39. The third kappa shape index (κ3) is 6.27. The smallest absolute Gasteiger partial charge is 0.308 e. The van der Waals surface area contributed by atoms with E-state index in [1.54, 1.807) is 12.1 Å². The molecule has 0 radical (unpaired) electrons. The maximum atomic E-state index is 12.0. The summed E-state index contributed by atoms with van der Waals surface area (Å²) in [4.78, 5) is 24.2. The number of para-hydroxylation sites is 1. The quantitative estimate of drug-likeness (QED) is 0.709. The largest absolute Gasteiger partial charge is 0.493 e. The summed E-state index contributed by atoms with van der Waals surface area (Å²) in [7, 11) is 0. The first-order valence-electron chi connectivity index (χ1n) is 6.84. The van der Waals surface area contributed by atoms with E-state index in [9.17, 15) is 9.59 Å². The van der Waals surface area contributed by atoms with Crippen LogP contribution >= 0.6 is 0 Å². The Kier molecular flexibility index (Phi) is 7.25. The average Bonchev–Trinajstić information content (AvgIpc) is 2.47. The van der Waals surface area contributed by atoms with Crippen LogP contribution in [0.25, 0.3) is 0 Å². The lowest BCUT2D eigenvalue weighted by atomic mass is 10.1. The van der Waals surface area contributed by atoms with Gasteiger partial charge in [-0.2, -0.15) is 0 Å². The van der Waals surface area contributed by atoms with Crippen molar-refractivity contribution in [3.8, 4) is 5.75 Å². The number of aliphatic hydroxyl groups excluding tert-OH is 1. The maximum Gasteiger partial charge on any atom is 0.308 e. The van der Waals surface area contributed by atoms with Gasteiger partial charge in [0.15, 0.2) is 0 Å². The fourth-order valence-electron chi connectivity index (χ4n) is 1.78. The molecule has 0 spiro atoms. The van der Waals surface area contributed by atoms with E-state index < -0.39 is 11.9 Å². The number of aliphatic hydroxyl groups is 1. The van der Waals surface area contributed by atoms with Gasteiger partial charge in [0, 0.05) is 13.1 Å². The van der Waals surface area contributed by atoms with Gasteiger partial charge >= 0.3 is 5.97 Å². The molecule has 1 amide bonds. The molecule has 1 aromatic carbocycles. The Morgan fingerprint density at radius 1 is 1.29 bits per heavy atom. The Bertz CT molecular complexity index is 449. The van der Waals surface area contributed by atoms with Crippen LogP contribution in [0.2, 0.25) is 0 Å². The van der Waals surface area contributed by atoms with Gasteiger partial charge in [-0.3, -0.25) is 9.59 Å². The van der Waals surface area contributed by atoms with Crippen LogP contribution in [0.3, 0.4) is 0 Å². The van der Waals surface area contributed by atoms with E-state index in [0.717, 1.165) is 0 Å². The molecule has 0 aliphatic carbocycles. The van der Waals surface area contributed by atoms with Gasteiger partial charge in [-0.05, 0) is 12.1 Å². The number of nitrogens with zero attached hydrogens (tertiary/aromatic N) is 1. The van der Waals surface area contributed by atoms with Crippen molar-refractivity contribution in [2.45, 2.75) is 13.3 Å². The molecule has 0 saturated carbocycles. The molecule has 2 N–H and O–H groups in total. The highest BCUT2D eigenvalue weighted by Gasteiger charge is 2.20. The highest BCUT2D eigenvalue weighted by atomic mass is 16.5. The van der Waals surface area contributed by atoms with Crippen LogP contribution in [0.1, 0.15) is 13.3 Å². The molecule has 0 aromatic heterocycles. The number of hydrogen-bond donors (Lipinski definition) is 2. The number of amides is 1. The fraction of sp³-hybridized carbons (Fsp3) is 0.467. The minimum Gasteiger partial charge on any atom is -0.493 e. The van der Waals surface area contributed by atoms with Gasteiger partial charge in [0.05, 0.1) is 25.6 Å². The molecule has 116 valence electrons. The van der Waals surface area contributed by atoms with Crippen LogP contribution in [0.4, 0.5) is 0 Å². The number of benzene rings is 1. The number of carboxylic acid groups (broad SMARTS) is 1. The van der Waals surface area contributed by atoms with E-state index in [1.165, 1.54) is 11.8 Å². The Hall–Kier alpha value is -2.08. The van der Waals surface area contributed by atoms with Crippen LogP contribution in [0.15, 0.2) is 30.3 Å². The summed E-state index contributed by atoms with van der Waals surface area (Å²) < 4.78 is 5.43. The van der Waals surface area contributed by atoms with Crippen LogP contribution in [-0.2, 0) is 9.59 Å². The van der Waals surface area contributed by atoms with Gasteiger partial charge in [-0.1, -0.05) is 25.1 Å². The van der Waals surface area contributed by atoms with E-state index in [4.69, 9.17) is 14.9 Å². The highest BCUT2D eigenvalue weighted by molar-refractivity contribution is 5.77. The zero-order valence-corrected chi connectivity index (χ0v) is 12.1. The van der Waals surface area contributed by atoms with Gasteiger partial charge in [0.25, 0.3) is 0 Å². The second kappa shape index (κ2) is 8.97. The maximum absolute atomic E-state index is 12.0. The van der Waals surface area contributed by atoms with Crippen molar-refractivity contribution in [3.63, 3.8) is 0 Å². The van der Waals surface area contributed by atoms with Crippen molar-refractivity contribution in [3.05, 3.63) is 30.3 Å². The molecular weight excluding hydrogens is 274 g/mol. The Morgan fingerprint density at radius 2 is 1.95 bits per heavy atom. The summed E-state index contributed by atoms with van der Waals surface area (Å²) in [5, 5.41) is 17.8. The summed E-state index contributed by atoms with van der Waals surface area (Å²) in [5.74, 6) is -1.19. The van der Waals surface area contributed by atoms with Crippen LogP contribution < -0.4 is 4.74 Å². The summed E-state index contributed by atoms with van der Waals surface area (Å²) >= 11 is 0. The minimum atomic E-state index is -0.966. The number of ether oxygens (including phenoxy) is 1. The monoisotopic (exact) mass is 295 g/mol. The lowest BCUT2D eigenvalue weighted by molar-refractivity contribution is -0.143. The summed E-state index contributed by atoms with van der Waals surface area (Å²) in [6, 6.07) is 9.13. The number of rotatable bonds is 9. The molecule has 0 saturated heterocycles. The number of hydrogen-bond acceptors (Lipinski definition) is 4. The third-order valence-corrected chi connectivity index (χ3v) is 2.97. The van der Waals surface area contributed by atoms with Crippen molar-refractivity contribution in [1.82, 2.24) is 4.90 Å². The standard InChI is InChI=1S/C15H21NO5/c1-12(15(19)20)11-16(8-9-17)14(18)7-10-21-13-5-3-2-4-6-13/h2-6,12,17H,7-11H2,1H3,(H,19,20). The molecule has 0 aliphatic rings. The molecule has 6 nitrogen and oxygen atoms in total. The predicted octanol–water partition coefficient (Wildman–Crippen LogP) is 0.997. The summed E-state index contributed by atoms with van der Waals surface area (Å²) in [6.45, 7) is 1.76. The number of carbonyl (C=O) groups excluding carboxylic acids is 1. The van der Waals surface area contributed by atoms with Gasteiger partial charge in [0.1, 0.15) is 5.75 Å². The zero-order chi connectivity index (χ0) is 15.7. The van der Waals surface area contributed by atoms with Gasteiger partial charge in [-0.15, -0.1) is 0 Å². The van der Waals surface area contributed by atoms with Gasteiger partial charge in [0.2, 0.25) is 5.91 Å². The SMILES string of the molecule is CC(CN(CCO)C(=O)CCOc1ccccc1)C(=O)O. The second-order valence-corrected chi connectivity index (χ2v) is 4.71. The fourth-order valence-corrected chi connectivity index (χ4v) is 1.78. The molecular formula is C15H21NO5. The molecule has 1 rings (SSSR count). The molecule has 21 heavy (non-hydrogen) atoms. The first-order chi connectivity index (χ1) is 10.0. The van der Waals surface area contributed by atoms with Gasteiger partial charge < -0.3 is 19.8 Å². The molecule has 1 unspecified atom stereocenters. The molecule has 0 fully saturated rings. The molecule has 6 heteroatoms. The first kappa shape index (κ1) is 17.0. The zero-order valence-electron chi connectivity index (χ0n) is 12.1. The second-order valence-electron chi connectivity index (χ2n) is 4.71. The topological polar surface area (TPSA) is 87.1 Å². The van der Waals surface area contributed by atoms with Crippen molar-refractivity contribution in [1.29, 1.82) is 0 Å². The normalized spacial score (nSPS) is 11.7. The highest BCUT2D eigenvalue weighted by Crippen LogP contribution is 2.09. The van der Waals surface area contributed by atoms with Crippen LogP contribution in [-0.4, -0.2) is 53.3 Å². The van der Waals surface area contributed by atoms with E-state index in [1.807, 2.05) is 18.2 Å². The third-order valence-electron chi connectivity index (χ3n) is 2.97. The van der Waals surface area contributed by atoms with Crippen molar-refractivity contribution < 1.29 is 24.5 Å². The summed E-state index contributed by atoms with van der Waals surface area (Å²) in [5.41, 5.74) is 0.